The maximum Gasteiger partial charge on any atom is 0.282 e. The Bertz CT molecular complexity index is 1010. The summed E-state index contributed by atoms with van der Waals surface area (Å²) in [5.41, 5.74) is 3.02. The van der Waals surface area contributed by atoms with E-state index in [0.29, 0.717) is 18.2 Å². The third-order valence-electron chi connectivity index (χ3n) is 4.64. The first-order valence-electron chi connectivity index (χ1n) is 9.00. The van der Waals surface area contributed by atoms with Crippen LogP contribution in [-0.4, -0.2) is 43.0 Å². The zero-order chi connectivity index (χ0) is 20.4. The standard InChI is InChI=1S/C20H22N4O3S/c1-13-11-16-18(12-14(13)2)28-20(21-16)23(10-9-22(3)4)19(25)15-7-5-6-8-17(15)24(26)27/h5-8,11-12H,9-10H2,1-4H3/p+1. The van der Waals surface area contributed by atoms with Gasteiger partial charge in [0.1, 0.15) is 5.56 Å². The number of amides is 1. The molecule has 0 unspecified atom stereocenters. The average Bonchev–Trinajstić information content (AvgIpc) is 3.04. The van der Waals surface area contributed by atoms with E-state index in [1.165, 1.54) is 28.4 Å². The first kappa shape index (κ1) is 19.9. The SMILES string of the molecule is Cc1cc2nc(N(CC[NH+](C)C)C(=O)c3ccccc3[N+](=O)[O-])sc2cc1C. The molecule has 0 fully saturated rings. The fourth-order valence-corrected chi connectivity index (χ4v) is 3.93. The van der Waals surface area contributed by atoms with Gasteiger partial charge in [0.2, 0.25) is 0 Å². The van der Waals surface area contributed by atoms with Crippen LogP contribution in [0.4, 0.5) is 10.8 Å². The van der Waals surface area contributed by atoms with Crippen LogP contribution in [0.3, 0.4) is 0 Å². The van der Waals surface area contributed by atoms with Crippen molar-refractivity contribution >= 4 is 38.3 Å². The summed E-state index contributed by atoms with van der Waals surface area (Å²) >= 11 is 1.43. The molecule has 28 heavy (non-hydrogen) atoms. The van der Waals surface area contributed by atoms with E-state index >= 15 is 0 Å². The van der Waals surface area contributed by atoms with Gasteiger partial charge in [0.05, 0.1) is 42.3 Å². The molecule has 8 heteroatoms. The van der Waals surface area contributed by atoms with Gasteiger partial charge in [-0.05, 0) is 43.2 Å². The van der Waals surface area contributed by atoms with Crippen molar-refractivity contribution in [1.82, 2.24) is 4.98 Å². The quantitative estimate of drug-likeness (QED) is 0.510. The number of likely N-dealkylation sites (N-methyl/N-ethyl adjacent to an activating group) is 1. The van der Waals surface area contributed by atoms with Gasteiger partial charge in [-0.2, -0.15) is 0 Å². The van der Waals surface area contributed by atoms with Crippen LogP contribution >= 0.6 is 11.3 Å². The molecular formula is C20H23N4O3S+. The lowest BCUT2D eigenvalue weighted by Gasteiger charge is -2.20. The second-order valence-corrected chi connectivity index (χ2v) is 8.10. The number of benzene rings is 2. The molecular weight excluding hydrogens is 376 g/mol. The van der Waals surface area contributed by atoms with Crippen molar-refractivity contribution in [3.63, 3.8) is 0 Å². The van der Waals surface area contributed by atoms with Crippen molar-refractivity contribution in [3.8, 4) is 0 Å². The predicted molar refractivity (Wildman–Crippen MR) is 112 cm³/mol. The van der Waals surface area contributed by atoms with Gasteiger partial charge in [-0.25, -0.2) is 4.98 Å². The Morgan fingerprint density at radius 1 is 1.21 bits per heavy atom. The number of anilines is 1. The zero-order valence-electron chi connectivity index (χ0n) is 16.4. The number of aromatic nitrogens is 1. The van der Waals surface area contributed by atoms with E-state index in [1.807, 2.05) is 34.0 Å². The van der Waals surface area contributed by atoms with Crippen LogP contribution in [0.15, 0.2) is 36.4 Å². The molecule has 0 aliphatic heterocycles. The van der Waals surface area contributed by atoms with Crippen molar-refractivity contribution in [2.75, 3.05) is 32.1 Å². The van der Waals surface area contributed by atoms with E-state index in [1.54, 1.807) is 17.0 Å². The molecule has 0 spiro atoms. The number of nitro benzene ring substituents is 1. The van der Waals surface area contributed by atoms with E-state index < -0.39 is 10.8 Å². The molecule has 7 nitrogen and oxygen atoms in total. The molecule has 1 heterocycles. The zero-order valence-corrected chi connectivity index (χ0v) is 17.2. The number of nitro groups is 1. The van der Waals surface area contributed by atoms with Gasteiger partial charge in [-0.1, -0.05) is 23.5 Å². The summed E-state index contributed by atoms with van der Waals surface area (Å²) < 4.78 is 0.996. The second kappa shape index (κ2) is 8.04. The number of fused-ring (bicyclic) bond motifs is 1. The Labute approximate surface area is 167 Å². The second-order valence-electron chi connectivity index (χ2n) is 7.09. The van der Waals surface area contributed by atoms with Crippen LogP contribution in [0.2, 0.25) is 0 Å². The maximum atomic E-state index is 13.3. The Hall–Kier alpha value is -2.84. The van der Waals surface area contributed by atoms with Crippen molar-refractivity contribution in [1.29, 1.82) is 0 Å². The van der Waals surface area contributed by atoms with Gasteiger partial charge >= 0.3 is 0 Å². The first-order valence-corrected chi connectivity index (χ1v) is 9.81. The first-order chi connectivity index (χ1) is 13.3. The van der Waals surface area contributed by atoms with Crippen LogP contribution in [0, 0.1) is 24.0 Å². The van der Waals surface area contributed by atoms with Gasteiger partial charge in [0.25, 0.3) is 11.6 Å². The topological polar surface area (TPSA) is 80.8 Å². The normalized spacial score (nSPS) is 11.2. The summed E-state index contributed by atoms with van der Waals surface area (Å²) in [7, 11) is 4.00. The Morgan fingerprint density at radius 2 is 1.89 bits per heavy atom. The highest BCUT2D eigenvalue weighted by molar-refractivity contribution is 7.22. The minimum Gasteiger partial charge on any atom is -0.338 e. The number of rotatable bonds is 6. The van der Waals surface area contributed by atoms with Gasteiger partial charge in [0.15, 0.2) is 5.13 Å². The van der Waals surface area contributed by atoms with E-state index in [2.05, 4.69) is 11.1 Å². The molecule has 0 aliphatic rings. The lowest BCUT2D eigenvalue weighted by molar-refractivity contribution is -0.856. The molecule has 0 radical (unpaired) electrons. The number of para-hydroxylation sites is 1. The third-order valence-corrected chi connectivity index (χ3v) is 5.68. The Morgan fingerprint density at radius 3 is 2.57 bits per heavy atom. The van der Waals surface area contributed by atoms with E-state index in [0.717, 1.165) is 21.3 Å². The van der Waals surface area contributed by atoms with Crippen molar-refractivity contribution in [3.05, 3.63) is 63.2 Å². The van der Waals surface area contributed by atoms with Crippen LogP contribution < -0.4 is 9.80 Å². The van der Waals surface area contributed by atoms with Crippen molar-refractivity contribution in [2.24, 2.45) is 0 Å². The molecule has 0 saturated heterocycles. The van der Waals surface area contributed by atoms with Crippen molar-refractivity contribution < 1.29 is 14.6 Å². The smallest absolute Gasteiger partial charge is 0.282 e. The van der Waals surface area contributed by atoms with Gasteiger partial charge < -0.3 is 4.90 Å². The molecule has 1 aromatic heterocycles. The highest BCUT2D eigenvalue weighted by Gasteiger charge is 2.27. The molecule has 1 amide bonds. The van der Waals surface area contributed by atoms with Gasteiger partial charge in [0, 0.05) is 6.07 Å². The highest BCUT2D eigenvalue weighted by atomic mass is 32.1. The summed E-state index contributed by atoms with van der Waals surface area (Å²) in [6, 6.07) is 10.1. The number of carbonyl (C=O) groups excluding carboxylic acids is 1. The molecule has 146 valence electrons. The number of carbonyl (C=O) groups is 1. The minimum atomic E-state index is -0.520. The maximum absolute atomic E-state index is 13.3. The fourth-order valence-electron chi connectivity index (χ4n) is 2.86. The number of nitrogens with one attached hydrogen (secondary N) is 1. The number of nitrogens with zero attached hydrogens (tertiary/aromatic N) is 3. The monoisotopic (exact) mass is 399 g/mol. The molecule has 3 rings (SSSR count). The lowest BCUT2D eigenvalue weighted by Crippen LogP contribution is -3.06. The molecule has 1 N–H and O–H groups in total. The van der Waals surface area contributed by atoms with E-state index in [-0.39, 0.29) is 11.3 Å². The van der Waals surface area contributed by atoms with Gasteiger partial charge in [-0.3, -0.25) is 19.8 Å². The van der Waals surface area contributed by atoms with Crippen LogP contribution in [0.5, 0.6) is 0 Å². The van der Waals surface area contributed by atoms with Gasteiger partial charge in [-0.15, -0.1) is 0 Å². The van der Waals surface area contributed by atoms with E-state index in [4.69, 9.17) is 0 Å². The summed E-state index contributed by atoms with van der Waals surface area (Å²) in [5, 5.41) is 11.9. The molecule has 0 bridgehead atoms. The van der Waals surface area contributed by atoms with Crippen LogP contribution in [-0.2, 0) is 0 Å². The van der Waals surface area contributed by atoms with Crippen LogP contribution in [0.25, 0.3) is 10.2 Å². The third kappa shape index (κ3) is 4.02. The summed E-state index contributed by atoms with van der Waals surface area (Å²) in [6.07, 6.45) is 0. The summed E-state index contributed by atoms with van der Waals surface area (Å²) in [5.74, 6) is -0.402. The molecule has 2 aromatic carbocycles. The van der Waals surface area contributed by atoms with E-state index in [9.17, 15) is 14.9 Å². The molecule has 0 saturated carbocycles. The summed E-state index contributed by atoms with van der Waals surface area (Å²) in [4.78, 5) is 31.5. The number of hydrogen-bond donors (Lipinski definition) is 1. The molecule has 0 aliphatic carbocycles. The predicted octanol–water partition coefficient (Wildman–Crippen LogP) is 2.61. The van der Waals surface area contributed by atoms with Crippen molar-refractivity contribution in [2.45, 2.75) is 13.8 Å². The fraction of sp³-hybridized carbons (Fsp3) is 0.300. The molecule has 0 atom stereocenters. The average molecular weight is 399 g/mol. The number of hydrogen-bond acceptors (Lipinski definition) is 5. The Kier molecular flexibility index (Phi) is 5.71. The van der Waals surface area contributed by atoms with Crippen LogP contribution in [0.1, 0.15) is 21.5 Å². The number of quaternary nitrogens is 1. The number of aryl methyl sites for hydroxylation is 2. The largest absolute Gasteiger partial charge is 0.338 e. The molecule has 3 aromatic rings. The summed E-state index contributed by atoms with van der Waals surface area (Å²) in [6.45, 7) is 5.19. The highest BCUT2D eigenvalue weighted by Crippen LogP contribution is 2.32. The minimum absolute atomic E-state index is 0.0767. The Balaban J connectivity index is 2.07. The lowest BCUT2D eigenvalue weighted by atomic mass is 10.1. The number of thiazole rings is 1.